The Morgan fingerprint density at radius 1 is 0.938 bits per heavy atom. The molecule has 2 fully saturated rings. The summed E-state index contributed by atoms with van der Waals surface area (Å²) < 4.78 is 19.8. The molecule has 32 heavy (non-hydrogen) atoms. The van der Waals surface area contributed by atoms with Gasteiger partial charge in [0.1, 0.15) is 17.5 Å². The fraction of sp³-hybridized carbons (Fsp3) is 0.167. The molecule has 0 aromatic heterocycles. The van der Waals surface area contributed by atoms with Crippen molar-refractivity contribution in [3.63, 3.8) is 0 Å². The highest BCUT2D eigenvalue weighted by Crippen LogP contribution is 2.49. The molecule has 2 heterocycles. The third-order valence-electron chi connectivity index (χ3n) is 5.72. The van der Waals surface area contributed by atoms with Crippen LogP contribution in [0.2, 0.25) is 0 Å². The minimum absolute atomic E-state index is 0.311. The largest absolute Gasteiger partial charge is 0.496 e. The van der Waals surface area contributed by atoms with Crippen LogP contribution in [-0.2, 0) is 14.4 Å². The third-order valence-corrected chi connectivity index (χ3v) is 6.21. The van der Waals surface area contributed by atoms with Crippen LogP contribution in [0.3, 0.4) is 0 Å². The molecule has 0 radical (unpaired) electrons. The van der Waals surface area contributed by atoms with Crippen LogP contribution in [0.25, 0.3) is 0 Å². The third kappa shape index (κ3) is 3.27. The molecular formula is C24H18BrFN2O4. The zero-order valence-electron chi connectivity index (χ0n) is 16.9. The lowest BCUT2D eigenvalue weighted by Crippen LogP contribution is -2.37. The Hall–Kier alpha value is -3.23. The molecule has 2 aliphatic heterocycles. The van der Waals surface area contributed by atoms with Crippen LogP contribution in [-0.4, -0.2) is 25.0 Å². The molecule has 0 unspecified atom stereocenters. The van der Waals surface area contributed by atoms with Crippen molar-refractivity contribution < 1.29 is 23.6 Å². The highest BCUT2D eigenvalue weighted by Gasteiger charge is 2.60. The first-order valence-corrected chi connectivity index (χ1v) is 10.8. The van der Waals surface area contributed by atoms with Gasteiger partial charge in [0.25, 0.3) is 5.91 Å². The van der Waals surface area contributed by atoms with E-state index in [4.69, 9.17) is 9.57 Å². The predicted octanol–water partition coefficient (Wildman–Crippen LogP) is 4.65. The van der Waals surface area contributed by atoms with E-state index in [-0.39, 0.29) is 0 Å². The summed E-state index contributed by atoms with van der Waals surface area (Å²) >= 11 is 3.49. The minimum atomic E-state index is -1.01. The number of hydrogen-bond donors (Lipinski definition) is 0. The first-order chi connectivity index (χ1) is 15.5. The lowest BCUT2D eigenvalue weighted by molar-refractivity contribution is -0.126. The molecule has 0 aliphatic carbocycles. The lowest BCUT2D eigenvalue weighted by Gasteiger charge is -2.29. The second kappa shape index (κ2) is 8.03. The van der Waals surface area contributed by atoms with E-state index in [1.807, 2.05) is 42.5 Å². The molecule has 3 aromatic carbocycles. The van der Waals surface area contributed by atoms with E-state index in [0.29, 0.717) is 22.7 Å². The molecule has 162 valence electrons. The zero-order chi connectivity index (χ0) is 22.4. The fourth-order valence-corrected chi connectivity index (χ4v) is 4.69. The van der Waals surface area contributed by atoms with E-state index >= 15 is 0 Å². The van der Waals surface area contributed by atoms with Crippen molar-refractivity contribution >= 4 is 39.1 Å². The van der Waals surface area contributed by atoms with Gasteiger partial charge in [-0.25, -0.2) is 14.4 Å². The van der Waals surface area contributed by atoms with Gasteiger partial charge in [-0.05, 0) is 54.6 Å². The number of ether oxygens (including phenoxy) is 1. The second-order valence-electron chi connectivity index (χ2n) is 7.53. The van der Waals surface area contributed by atoms with E-state index in [9.17, 15) is 14.0 Å². The molecule has 2 amide bonds. The van der Waals surface area contributed by atoms with Gasteiger partial charge >= 0.3 is 0 Å². The number of amides is 2. The van der Waals surface area contributed by atoms with Gasteiger partial charge in [-0.3, -0.25) is 14.4 Å². The van der Waals surface area contributed by atoms with Gasteiger partial charge in [-0.2, -0.15) is 0 Å². The SMILES string of the molecule is COc1ccc(Br)cc1[C@H]1[C@H]2C(=O)N(c3ccc(F)cc3)C(=O)[C@H]2ON1c1ccccc1. The number of nitrogens with zero attached hydrogens (tertiary/aromatic N) is 2. The summed E-state index contributed by atoms with van der Waals surface area (Å²) in [6.07, 6.45) is -1.01. The molecule has 6 nitrogen and oxygen atoms in total. The van der Waals surface area contributed by atoms with Crippen LogP contribution in [0.5, 0.6) is 5.75 Å². The average molecular weight is 497 g/mol. The van der Waals surface area contributed by atoms with Gasteiger partial charge in [0.05, 0.1) is 24.5 Å². The van der Waals surface area contributed by atoms with Crippen molar-refractivity contribution in [2.45, 2.75) is 12.1 Å². The Kier molecular flexibility index (Phi) is 5.19. The Bertz CT molecular complexity index is 1190. The second-order valence-corrected chi connectivity index (χ2v) is 8.45. The van der Waals surface area contributed by atoms with E-state index in [0.717, 1.165) is 9.37 Å². The number of imide groups is 1. The van der Waals surface area contributed by atoms with Gasteiger partial charge in [0.15, 0.2) is 6.10 Å². The quantitative estimate of drug-likeness (QED) is 0.492. The van der Waals surface area contributed by atoms with Crippen molar-refractivity contribution in [1.82, 2.24) is 0 Å². The number of methoxy groups -OCH3 is 1. The Labute approximate surface area is 192 Å². The summed E-state index contributed by atoms with van der Waals surface area (Å²) in [4.78, 5) is 34.0. The number of hydrogen-bond acceptors (Lipinski definition) is 5. The van der Waals surface area contributed by atoms with Crippen molar-refractivity contribution in [3.8, 4) is 5.75 Å². The van der Waals surface area contributed by atoms with Gasteiger partial charge < -0.3 is 4.74 Å². The summed E-state index contributed by atoms with van der Waals surface area (Å²) in [5.41, 5.74) is 1.73. The summed E-state index contributed by atoms with van der Waals surface area (Å²) in [6, 6.07) is 19.5. The normalized spacial score (nSPS) is 22.4. The lowest BCUT2D eigenvalue weighted by atomic mass is 9.90. The topological polar surface area (TPSA) is 59.1 Å². The van der Waals surface area contributed by atoms with Crippen LogP contribution in [0.4, 0.5) is 15.8 Å². The number of halogens is 2. The Morgan fingerprint density at radius 2 is 1.66 bits per heavy atom. The maximum absolute atomic E-state index is 13.6. The molecule has 2 saturated heterocycles. The standard InChI is InChI=1S/C24H18BrFN2O4/c1-31-19-12-7-14(25)13-18(19)21-20-22(32-28(21)17-5-3-2-4-6-17)24(30)27(23(20)29)16-10-8-15(26)9-11-16/h2-13,20-22H,1H3/t20-,21+,22+/m1/s1. The maximum atomic E-state index is 13.6. The number of para-hydroxylation sites is 1. The van der Waals surface area contributed by atoms with Crippen molar-refractivity contribution in [1.29, 1.82) is 0 Å². The van der Waals surface area contributed by atoms with Gasteiger partial charge in [-0.15, -0.1) is 0 Å². The van der Waals surface area contributed by atoms with Gasteiger partial charge in [0, 0.05) is 10.0 Å². The molecule has 0 N–H and O–H groups in total. The number of benzene rings is 3. The van der Waals surface area contributed by atoms with E-state index in [1.165, 1.54) is 24.3 Å². The summed E-state index contributed by atoms with van der Waals surface area (Å²) in [6.45, 7) is 0. The van der Waals surface area contributed by atoms with Crippen LogP contribution >= 0.6 is 15.9 Å². The minimum Gasteiger partial charge on any atom is -0.496 e. The number of carbonyl (C=O) groups excluding carboxylic acids is 2. The first-order valence-electron chi connectivity index (χ1n) is 9.97. The molecular weight excluding hydrogens is 479 g/mol. The highest BCUT2D eigenvalue weighted by molar-refractivity contribution is 9.10. The molecule has 0 spiro atoms. The van der Waals surface area contributed by atoms with Crippen molar-refractivity contribution in [2.24, 2.45) is 5.92 Å². The first kappa shape index (κ1) is 20.7. The molecule has 5 rings (SSSR count). The average Bonchev–Trinajstić information content (AvgIpc) is 3.31. The van der Waals surface area contributed by atoms with E-state index < -0.39 is 35.7 Å². The predicted molar refractivity (Wildman–Crippen MR) is 120 cm³/mol. The van der Waals surface area contributed by atoms with Crippen molar-refractivity contribution in [3.05, 3.63) is 88.6 Å². The van der Waals surface area contributed by atoms with Crippen LogP contribution in [0.1, 0.15) is 11.6 Å². The number of rotatable bonds is 4. The van der Waals surface area contributed by atoms with Crippen LogP contribution in [0.15, 0.2) is 77.3 Å². The maximum Gasteiger partial charge on any atom is 0.266 e. The number of carbonyl (C=O) groups is 2. The molecule has 3 atom stereocenters. The Morgan fingerprint density at radius 3 is 2.34 bits per heavy atom. The smallest absolute Gasteiger partial charge is 0.266 e. The molecule has 2 aliphatic rings. The summed E-state index contributed by atoms with van der Waals surface area (Å²) in [7, 11) is 1.55. The number of fused-ring (bicyclic) bond motifs is 1. The Balaban J connectivity index is 1.63. The fourth-order valence-electron chi connectivity index (χ4n) is 4.31. The van der Waals surface area contributed by atoms with E-state index in [2.05, 4.69) is 15.9 Å². The number of hydroxylamine groups is 1. The molecule has 0 bridgehead atoms. The van der Waals surface area contributed by atoms with E-state index in [1.54, 1.807) is 18.2 Å². The molecule has 3 aromatic rings. The summed E-state index contributed by atoms with van der Waals surface area (Å²) in [5.74, 6) is -1.57. The number of anilines is 2. The molecule has 0 saturated carbocycles. The van der Waals surface area contributed by atoms with Gasteiger partial charge in [-0.1, -0.05) is 34.1 Å². The molecule has 8 heteroatoms. The monoisotopic (exact) mass is 496 g/mol. The summed E-state index contributed by atoms with van der Waals surface area (Å²) in [5, 5.41) is 1.61. The van der Waals surface area contributed by atoms with Crippen LogP contribution in [0, 0.1) is 11.7 Å². The van der Waals surface area contributed by atoms with Gasteiger partial charge in [0.2, 0.25) is 5.91 Å². The highest BCUT2D eigenvalue weighted by atomic mass is 79.9. The zero-order valence-corrected chi connectivity index (χ0v) is 18.5. The van der Waals surface area contributed by atoms with Crippen LogP contribution < -0.4 is 14.7 Å². The van der Waals surface area contributed by atoms with Crippen molar-refractivity contribution in [2.75, 3.05) is 17.1 Å².